The molecular formula is C61H78F3N15O9S2. The van der Waals surface area contributed by atoms with Crippen LogP contribution in [0.1, 0.15) is 54.5 Å². The Labute approximate surface area is 523 Å². The number of carbonyl (C=O) groups excluding carboxylic acids is 4. The number of sulfonamides is 2. The van der Waals surface area contributed by atoms with Crippen LogP contribution in [0, 0.1) is 38.2 Å². The second-order valence-electron chi connectivity index (χ2n) is 22.8. The Morgan fingerprint density at radius 2 is 0.733 bits per heavy atom. The number of anilines is 6. The van der Waals surface area contributed by atoms with Gasteiger partial charge >= 0.3 is 24.2 Å². The Morgan fingerprint density at radius 1 is 0.444 bits per heavy atom. The zero-order valence-corrected chi connectivity index (χ0v) is 53.3. The van der Waals surface area contributed by atoms with E-state index in [0.717, 1.165) is 17.1 Å². The predicted octanol–water partition coefficient (Wildman–Crippen LogP) is 8.73. The first-order chi connectivity index (χ1) is 42.5. The molecule has 0 atom stereocenters. The van der Waals surface area contributed by atoms with Crippen LogP contribution >= 0.6 is 0 Å². The zero-order valence-electron chi connectivity index (χ0n) is 51.6. The molecule has 7 amide bonds. The van der Waals surface area contributed by atoms with E-state index in [9.17, 15) is 44.8 Å². The van der Waals surface area contributed by atoms with E-state index in [4.69, 9.17) is 4.74 Å². The van der Waals surface area contributed by atoms with E-state index in [0.29, 0.717) is 132 Å². The maximum absolute atomic E-state index is 15.0. The van der Waals surface area contributed by atoms with Crippen molar-refractivity contribution >= 4 is 78.4 Å². The average Bonchev–Trinajstić information content (AvgIpc) is 2.27. The quantitative estimate of drug-likeness (QED) is 0.0595. The lowest BCUT2D eigenvalue weighted by Crippen LogP contribution is -2.49. The van der Waals surface area contributed by atoms with Crippen molar-refractivity contribution in [2.75, 3.05) is 123 Å². The molecular weight excluding hydrogens is 1210 g/mol. The molecule has 0 unspecified atom stereocenters. The summed E-state index contributed by atoms with van der Waals surface area (Å²) in [7, 11) is -6.41. The molecule has 0 radical (unpaired) electrons. The van der Waals surface area contributed by atoms with Gasteiger partial charge in [-0.3, -0.25) is 29.7 Å². The number of halogens is 3. The summed E-state index contributed by atoms with van der Waals surface area (Å²) in [5.74, 6) is -1.48. The summed E-state index contributed by atoms with van der Waals surface area (Å²) in [4.78, 5) is 68.8. The van der Waals surface area contributed by atoms with Crippen LogP contribution in [-0.2, 0) is 44.4 Å². The molecule has 24 nitrogen and oxygen atoms in total. The SMILES string of the molecule is Cc1ccc(NC(=O)Nc2cccc(CN3CCN(C(=O)OC(C)(C)C)CC3)c2F)cn1.Cc1ccc(NC(=O)Nc2cccc(CN3CCN(S(C)(=O)=O)CC3)c2F)cn1.Cc1ccc(NC(=O)Nc2cccc(CN3CCN(S(C)(=O)=O)CC3)c2F)cn1. The minimum atomic E-state index is -3.21. The van der Waals surface area contributed by atoms with Crippen molar-refractivity contribution in [2.45, 2.75) is 66.8 Å². The largest absolute Gasteiger partial charge is 0.444 e. The maximum atomic E-state index is 15.0. The van der Waals surface area contributed by atoms with Crippen LogP contribution in [0.15, 0.2) is 110 Å². The van der Waals surface area contributed by atoms with Gasteiger partial charge in [0.2, 0.25) is 20.0 Å². The minimum absolute atomic E-state index is 0.0786. The van der Waals surface area contributed by atoms with E-state index in [1.54, 1.807) is 83.9 Å². The number of amides is 7. The third kappa shape index (κ3) is 21.7. The van der Waals surface area contributed by atoms with Crippen molar-refractivity contribution in [2.24, 2.45) is 0 Å². The third-order valence-corrected chi connectivity index (χ3v) is 16.9. The van der Waals surface area contributed by atoms with Crippen LogP contribution in [0.5, 0.6) is 0 Å². The molecule has 6 heterocycles. The third-order valence-electron chi connectivity index (χ3n) is 14.3. The molecule has 90 heavy (non-hydrogen) atoms. The lowest BCUT2D eigenvalue weighted by molar-refractivity contribution is 0.0138. The second-order valence-corrected chi connectivity index (χ2v) is 26.7. The van der Waals surface area contributed by atoms with Crippen LogP contribution in [0.4, 0.5) is 66.5 Å². The first kappa shape index (κ1) is 69.2. The maximum Gasteiger partial charge on any atom is 0.410 e. The predicted molar refractivity (Wildman–Crippen MR) is 341 cm³/mol. The molecule has 3 fully saturated rings. The van der Waals surface area contributed by atoms with E-state index in [1.165, 1.54) is 51.7 Å². The number of aryl methyl sites for hydroxylation is 3. The van der Waals surface area contributed by atoms with Gasteiger partial charge in [0.15, 0.2) is 17.5 Å². The number of hydrogen-bond donors (Lipinski definition) is 6. The van der Waals surface area contributed by atoms with E-state index in [2.05, 4.69) is 51.8 Å². The van der Waals surface area contributed by atoms with Gasteiger partial charge in [-0.05, 0) is 96.1 Å². The summed E-state index contributed by atoms with van der Waals surface area (Å²) in [6.07, 6.45) is 6.64. The zero-order chi connectivity index (χ0) is 65.3. The minimum Gasteiger partial charge on any atom is -0.444 e. The van der Waals surface area contributed by atoms with E-state index >= 15 is 4.39 Å². The number of nitrogens with one attached hydrogen (secondary N) is 6. The highest BCUT2D eigenvalue weighted by Gasteiger charge is 2.29. The Bertz CT molecular complexity index is 3500. The number of rotatable bonds is 14. The molecule has 9 rings (SSSR count). The number of hydrogen-bond acceptors (Lipinski definition) is 15. The molecule has 29 heteroatoms. The van der Waals surface area contributed by atoms with Gasteiger partial charge in [0.25, 0.3) is 0 Å². The fourth-order valence-corrected chi connectivity index (χ4v) is 11.1. The van der Waals surface area contributed by atoms with Crippen molar-refractivity contribution in [3.63, 3.8) is 0 Å². The standard InChI is InChI=1S/C23H30FN5O3.2C19H24FN5O3S/c1-16-8-9-18(14-25-16)26-21(30)27-19-7-5-6-17(20(19)24)15-28-10-12-29(13-11-28)22(31)32-23(2,3)4;2*1-14-6-7-16(12-21-14)22-19(26)23-17-5-3-4-15(18(17)20)13-24-8-10-25(11-9-24)29(2,27)28/h5-9,14H,10-13,15H2,1-4H3,(H2,26,27,30);2*3-7,12H,8-11,13H2,1-2H3,(H2,22,23,26). The van der Waals surface area contributed by atoms with Gasteiger partial charge in [-0.2, -0.15) is 8.61 Å². The molecule has 484 valence electrons. The smallest absolute Gasteiger partial charge is 0.410 e. The van der Waals surface area contributed by atoms with Crippen LogP contribution in [0.2, 0.25) is 0 Å². The monoisotopic (exact) mass is 1290 g/mol. The Balaban J connectivity index is 0.000000192. The van der Waals surface area contributed by atoms with Gasteiger partial charge in [-0.25, -0.2) is 49.2 Å². The summed E-state index contributed by atoms with van der Waals surface area (Å²) in [5, 5.41) is 15.5. The first-order valence-electron chi connectivity index (χ1n) is 28.9. The fourth-order valence-electron chi connectivity index (χ4n) is 9.45. The van der Waals surface area contributed by atoms with Crippen molar-refractivity contribution in [1.82, 2.24) is 43.2 Å². The topological polar surface area (TPSA) is 276 Å². The lowest BCUT2D eigenvalue weighted by atomic mass is 10.1. The van der Waals surface area contributed by atoms with Gasteiger partial charge in [-0.15, -0.1) is 0 Å². The molecule has 0 bridgehead atoms. The van der Waals surface area contributed by atoms with E-state index in [1.807, 2.05) is 51.3 Å². The van der Waals surface area contributed by atoms with Crippen LogP contribution in [-0.4, -0.2) is 181 Å². The Kier molecular flexibility index (Phi) is 24.1. The Morgan fingerprint density at radius 3 is 0.989 bits per heavy atom. The van der Waals surface area contributed by atoms with Crippen molar-refractivity contribution < 1.29 is 53.9 Å². The van der Waals surface area contributed by atoms with Crippen LogP contribution < -0.4 is 31.9 Å². The number of nitrogens with zero attached hydrogens (tertiary/aromatic N) is 9. The molecule has 0 saturated carbocycles. The summed E-state index contributed by atoms with van der Waals surface area (Å²) in [6.45, 7) is 17.9. The van der Waals surface area contributed by atoms with Gasteiger partial charge in [0, 0.05) is 132 Å². The second kappa shape index (κ2) is 31.4. The summed E-state index contributed by atoms with van der Waals surface area (Å²) in [6, 6.07) is 23.4. The number of carbonyl (C=O) groups is 4. The van der Waals surface area contributed by atoms with Crippen LogP contribution in [0.3, 0.4) is 0 Å². The number of piperazine rings is 3. The molecule has 3 saturated heterocycles. The molecule has 6 aromatic rings. The van der Waals surface area contributed by atoms with Crippen molar-refractivity contribution in [3.8, 4) is 0 Å². The first-order valence-corrected chi connectivity index (χ1v) is 32.6. The molecule has 6 N–H and O–H groups in total. The normalized spacial score (nSPS) is 15.4. The molecule has 3 aliphatic heterocycles. The van der Waals surface area contributed by atoms with Gasteiger partial charge < -0.3 is 41.5 Å². The van der Waals surface area contributed by atoms with Gasteiger partial charge in [0.05, 0.1) is 65.2 Å². The molecule has 3 aliphatic rings. The summed E-state index contributed by atoms with van der Waals surface area (Å²) >= 11 is 0. The number of ether oxygens (including phenoxy) is 1. The average molecular weight is 1290 g/mol. The molecule has 0 spiro atoms. The van der Waals surface area contributed by atoms with Crippen LogP contribution in [0.25, 0.3) is 0 Å². The number of aromatic nitrogens is 3. The van der Waals surface area contributed by atoms with E-state index < -0.39 is 61.2 Å². The molecule has 0 aliphatic carbocycles. The Hall–Kier alpha value is -8.32. The highest BCUT2D eigenvalue weighted by Crippen LogP contribution is 2.25. The lowest BCUT2D eigenvalue weighted by Gasteiger charge is -2.35. The molecule has 3 aromatic heterocycles. The molecule has 3 aromatic carbocycles. The van der Waals surface area contributed by atoms with E-state index in [-0.39, 0.29) is 23.2 Å². The highest BCUT2D eigenvalue weighted by atomic mass is 32.2. The van der Waals surface area contributed by atoms with Crippen molar-refractivity contribution in [3.05, 3.63) is 161 Å². The fraction of sp³-hybridized carbons (Fsp3) is 0.393. The van der Waals surface area contributed by atoms with Gasteiger partial charge in [0.1, 0.15) is 5.60 Å². The van der Waals surface area contributed by atoms with Crippen molar-refractivity contribution in [1.29, 1.82) is 0 Å². The number of pyridine rings is 3. The highest BCUT2D eigenvalue weighted by molar-refractivity contribution is 7.88. The number of urea groups is 3. The number of benzene rings is 3. The van der Waals surface area contributed by atoms with Gasteiger partial charge in [-0.1, -0.05) is 36.4 Å². The summed E-state index contributed by atoms with van der Waals surface area (Å²) < 4.78 is 99.4. The summed E-state index contributed by atoms with van der Waals surface area (Å²) in [5.41, 5.74) is 5.10.